The minimum absolute atomic E-state index is 0.206. The van der Waals surface area contributed by atoms with Gasteiger partial charge in [0.1, 0.15) is 0 Å². The van der Waals surface area contributed by atoms with E-state index in [0.29, 0.717) is 5.92 Å². The molecular formula is C17H24ClNO2. The zero-order valence-electron chi connectivity index (χ0n) is 13.0. The van der Waals surface area contributed by atoms with Gasteiger partial charge in [0.15, 0.2) is 0 Å². The van der Waals surface area contributed by atoms with Crippen LogP contribution in [-0.2, 0) is 9.63 Å². The molecule has 0 aliphatic heterocycles. The minimum Gasteiger partial charge on any atom is -0.370 e. The number of carbonyl (C=O) groups is 1. The number of rotatable bonds is 3. The van der Waals surface area contributed by atoms with E-state index >= 15 is 0 Å². The Morgan fingerprint density at radius 1 is 1.14 bits per heavy atom. The summed E-state index contributed by atoms with van der Waals surface area (Å²) in [6.45, 7) is 5.57. The van der Waals surface area contributed by atoms with Crippen LogP contribution in [0.1, 0.15) is 57.9 Å². The van der Waals surface area contributed by atoms with Gasteiger partial charge in [0.2, 0.25) is 0 Å². The first-order valence-electron chi connectivity index (χ1n) is 7.58. The lowest BCUT2D eigenvalue weighted by molar-refractivity contribution is -0.163. The van der Waals surface area contributed by atoms with E-state index in [1.165, 1.54) is 5.56 Å². The van der Waals surface area contributed by atoms with Crippen molar-refractivity contribution < 1.29 is 9.63 Å². The van der Waals surface area contributed by atoms with Gasteiger partial charge < -0.3 is 4.84 Å². The molecule has 116 valence electrons. The molecule has 0 radical (unpaired) electrons. The summed E-state index contributed by atoms with van der Waals surface area (Å²) in [6.07, 6.45) is 4.24. The van der Waals surface area contributed by atoms with Crippen molar-refractivity contribution in [1.82, 2.24) is 5.48 Å². The van der Waals surface area contributed by atoms with Crippen molar-refractivity contribution in [1.29, 1.82) is 0 Å². The molecule has 2 rings (SSSR count). The van der Waals surface area contributed by atoms with Gasteiger partial charge in [-0.3, -0.25) is 0 Å². The highest BCUT2D eigenvalue weighted by Crippen LogP contribution is 2.33. The summed E-state index contributed by atoms with van der Waals surface area (Å²) in [6, 6.07) is 8.39. The summed E-state index contributed by atoms with van der Waals surface area (Å²) in [5.74, 6) is 0.376. The van der Waals surface area contributed by atoms with Crippen LogP contribution in [0.3, 0.4) is 0 Å². The Bertz CT molecular complexity index is 471. The smallest absolute Gasteiger partial charge is 0.329 e. The average molecular weight is 310 g/mol. The quantitative estimate of drug-likeness (QED) is 0.838. The van der Waals surface area contributed by atoms with E-state index < -0.39 is 5.41 Å². The number of hydroxylamine groups is 1. The van der Waals surface area contributed by atoms with Crippen LogP contribution in [0.4, 0.5) is 0 Å². The molecule has 0 unspecified atom stereocenters. The third-order valence-electron chi connectivity index (χ3n) is 4.00. The van der Waals surface area contributed by atoms with Crippen LogP contribution < -0.4 is 5.48 Å². The van der Waals surface area contributed by atoms with E-state index in [0.717, 1.165) is 30.7 Å². The molecule has 21 heavy (non-hydrogen) atoms. The lowest BCUT2D eigenvalue weighted by atomic mass is 9.82. The topological polar surface area (TPSA) is 38.3 Å². The largest absolute Gasteiger partial charge is 0.370 e. The van der Waals surface area contributed by atoms with Crippen LogP contribution in [0.2, 0.25) is 5.02 Å². The molecule has 0 atom stereocenters. The van der Waals surface area contributed by atoms with Crippen LogP contribution in [0.15, 0.2) is 24.3 Å². The van der Waals surface area contributed by atoms with Gasteiger partial charge in [-0.25, -0.2) is 4.79 Å². The van der Waals surface area contributed by atoms with Gasteiger partial charge in [-0.1, -0.05) is 23.7 Å². The fourth-order valence-corrected chi connectivity index (χ4v) is 2.70. The van der Waals surface area contributed by atoms with Crippen molar-refractivity contribution in [3.63, 3.8) is 0 Å². The lowest BCUT2D eigenvalue weighted by Crippen LogP contribution is -2.37. The summed E-state index contributed by atoms with van der Waals surface area (Å²) in [5, 5.41) is 0.781. The zero-order valence-corrected chi connectivity index (χ0v) is 13.7. The second-order valence-electron chi connectivity index (χ2n) is 6.86. The van der Waals surface area contributed by atoms with E-state index in [2.05, 4.69) is 17.6 Å². The van der Waals surface area contributed by atoms with Gasteiger partial charge in [0.05, 0.1) is 5.41 Å². The maximum absolute atomic E-state index is 11.7. The molecule has 1 aromatic rings. The molecule has 0 spiro atoms. The predicted molar refractivity (Wildman–Crippen MR) is 85.1 cm³/mol. The van der Waals surface area contributed by atoms with Crippen LogP contribution >= 0.6 is 11.6 Å². The number of benzene rings is 1. The second-order valence-corrected chi connectivity index (χ2v) is 7.29. The molecule has 1 aliphatic rings. The Morgan fingerprint density at radius 3 is 2.24 bits per heavy atom. The molecule has 3 nitrogen and oxygen atoms in total. The molecule has 1 fully saturated rings. The van der Waals surface area contributed by atoms with Crippen molar-refractivity contribution in [2.45, 2.75) is 58.4 Å². The highest BCUT2D eigenvalue weighted by Gasteiger charge is 2.27. The zero-order chi connectivity index (χ0) is 15.5. The van der Waals surface area contributed by atoms with Crippen molar-refractivity contribution in [3.8, 4) is 0 Å². The Labute approximate surface area is 132 Å². The standard InChI is InChI=1S/C17H24ClNO2/c1-17(2,3)16(20)21-19-15-10-6-13(7-11-15)12-4-8-14(18)9-5-12/h4-5,8-9,13,15,19H,6-7,10-11H2,1-3H3. The van der Waals surface area contributed by atoms with Crippen molar-refractivity contribution >= 4 is 17.6 Å². The average Bonchev–Trinajstić information content (AvgIpc) is 2.45. The van der Waals surface area contributed by atoms with Gasteiger partial charge in [-0.05, 0) is 70.1 Å². The van der Waals surface area contributed by atoms with Gasteiger partial charge in [-0.2, -0.15) is 5.48 Å². The maximum atomic E-state index is 11.7. The molecule has 0 saturated heterocycles. The van der Waals surface area contributed by atoms with Gasteiger partial charge >= 0.3 is 5.97 Å². The first-order valence-corrected chi connectivity index (χ1v) is 7.96. The fourth-order valence-electron chi connectivity index (χ4n) is 2.57. The summed E-state index contributed by atoms with van der Waals surface area (Å²) >= 11 is 5.92. The molecular weight excluding hydrogens is 286 g/mol. The molecule has 0 amide bonds. The SMILES string of the molecule is CC(C)(C)C(=O)ONC1CCC(c2ccc(Cl)cc2)CC1. The van der Waals surface area contributed by atoms with E-state index in [1.807, 2.05) is 32.9 Å². The van der Waals surface area contributed by atoms with E-state index in [4.69, 9.17) is 16.4 Å². The van der Waals surface area contributed by atoms with Crippen LogP contribution in [0.5, 0.6) is 0 Å². The van der Waals surface area contributed by atoms with Crippen LogP contribution in [0, 0.1) is 5.41 Å². The van der Waals surface area contributed by atoms with Crippen molar-refractivity contribution in [2.75, 3.05) is 0 Å². The number of hydrogen-bond donors (Lipinski definition) is 1. The summed E-state index contributed by atoms with van der Waals surface area (Å²) < 4.78 is 0. The lowest BCUT2D eigenvalue weighted by Gasteiger charge is -2.29. The molecule has 1 saturated carbocycles. The number of nitrogens with one attached hydrogen (secondary N) is 1. The molecule has 1 aromatic carbocycles. The number of hydrogen-bond acceptors (Lipinski definition) is 3. The normalized spacial score (nSPS) is 22.9. The van der Waals surface area contributed by atoms with Crippen molar-refractivity contribution in [2.24, 2.45) is 5.41 Å². The first kappa shape index (κ1) is 16.3. The highest BCUT2D eigenvalue weighted by atomic mass is 35.5. The van der Waals surface area contributed by atoms with E-state index in [-0.39, 0.29) is 12.0 Å². The van der Waals surface area contributed by atoms with Gasteiger partial charge in [-0.15, -0.1) is 0 Å². The first-order chi connectivity index (χ1) is 9.86. The van der Waals surface area contributed by atoms with E-state index in [9.17, 15) is 4.79 Å². The number of carbonyl (C=O) groups excluding carboxylic acids is 1. The molecule has 1 N–H and O–H groups in total. The fraction of sp³-hybridized carbons (Fsp3) is 0.588. The van der Waals surface area contributed by atoms with Gasteiger partial charge in [0.25, 0.3) is 0 Å². The molecule has 0 aromatic heterocycles. The molecule has 4 heteroatoms. The molecule has 0 heterocycles. The summed E-state index contributed by atoms with van der Waals surface area (Å²) in [4.78, 5) is 16.9. The Morgan fingerprint density at radius 2 is 1.71 bits per heavy atom. The Kier molecular flexibility index (Phi) is 5.28. The Hall–Kier alpha value is -1.06. The number of halogens is 1. The van der Waals surface area contributed by atoms with Crippen LogP contribution in [0.25, 0.3) is 0 Å². The Balaban J connectivity index is 1.78. The third-order valence-corrected chi connectivity index (χ3v) is 4.25. The van der Waals surface area contributed by atoms with Crippen LogP contribution in [-0.4, -0.2) is 12.0 Å². The van der Waals surface area contributed by atoms with E-state index in [1.54, 1.807) is 0 Å². The predicted octanol–water partition coefficient (Wildman–Crippen LogP) is 4.46. The minimum atomic E-state index is -0.465. The maximum Gasteiger partial charge on any atom is 0.329 e. The highest BCUT2D eigenvalue weighted by molar-refractivity contribution is 6.30. The second kappa shape index (κ2) is 6.80. The van der Waals surface area contributed by atoms with Crippen molar-refractivity contribution in [3.05, 3.63) is 34.9 Å². The molecule has 1 aliphatic carbocycles. The van der Waals surface area contributed by atoms with Gasteiger partial charge in [0, 0.05) is 11.1 Å². The monoisotopic (exact) mass is 309 g/mol. The summed E-state index contributed by atoms with van der Waals surface area (Å²) in [7, 11) is 0. The third kappa shape index (κ3) is 4.72. The summed E-state index contributed by atoms with van der Waals surface area (Å²) in [5.41, 5.74) is 3.83. The molecule has 0 bridgehead atoms.